The highest BCUT2D eigenvalue weighted by molar-refractivity contribution is 5.79. The number of benzene rings is 1. The van der Waals surface area contributed by atoms with Gasteiger partial charge in [0.05, 0.1) is 0 Å². The van der Waals surface area contributed by atoms with Crippen LogP contribution in [0.5, 0.6) is 0 Å². The standard InChI is InChI=1S/C21H32N6O/c1-16(2)20-25-19(28-26-20)11-12-23-21(22-3)24-14-18-10-7-13-27(18)15-17-8-5-4-6-9-17/h4-6,8-9,16,18H,7,10-15H2,1-3H3,(H2,22,23,24). The van der Waals surface area contributed by atoms with Gasteiger partial charge >= 0.3 is 0 Å². The van der Waals surface area contributed by atoms with E-state index in [1.165, 1.54) is 18.4 Å². The van der Waals surface area contributed by atoms with Gasteiger partial charge in [0.25, 0.3) is 0 Å². The van der Waals surface area contributed by atoms with E-state index in [2.05, 4.69) is 74.8 Å². The summed E-state index contributed by atoms with van der Waals surface area (Å²) in [6, 6.07) is 11.2. The van der Waals surface area contributed by atoms with Crippen molar-refractivity contribution in [1.82, 2.24) is 25.7 Å². The molecule has 1 atom stereocenters. The molecule has 1 aromatic heterocycles. The van der Waals surface area contributed by atoms with Crippen molar-refractivity contribution in [3.8, 4) is 0 Å². The van der Waals surface area contributed by atoms with E-state index < -0.39 is 0 Å². The summed E-state index contributed by atoms with van der Waals surface area (Å²) in [6.45, 7) is 7.88. The van der Waals surface area contributed by atoms with Crippen molar-refractivity contribution in [1.29, 1.82) is 0 Å². The predicted octanol–water partition coefficient (Wildman–Crippen LogP) is 2.57. The van der Waals surface area contributed by atoms with Crippen LogP contribution in [0, 0.1) is 0 Å². The summed E-state index contributed by atoms with van der Waals surface area (Å²) < 4.78 is 5.29. The van der Waals surface area contributed by atoms with Crippen molar-refractivity contribution in [3.05, 3.63) is 47.6 Å². The molecule has 0 bridgehead atoms. The van der Waals surface area contributed by atoms with Gasteiger partial charge in [-0.15, -0.1) is 0 Å². The minimum absolute atomic E-state index is 0.283. The molecule has 1 aliphatic heterocycles. The monoisotopic (exact) mass is 384 g/mol. The number of aromatic nitrogens is 2. The highest BCUT2D eigenvalue weighted by Crippen LogP contribution is 2.19. The molecule has 3 rings (SSSR count). The van der Waals surface area contributed by atoms with Crippen molar-refractivity contribution in [2.75, 3.05) is 26.7 Å². The van der Waals surface area contributed by atoms with E-state index in [0.29, 0.717) is 24.9 Å². The Bertz CT molecular complexity index is 742. The Morgan fingerprint density at radius 2 is 2.11 bits per heavy atom. The van der Waals surface area contributed by atoms with Gasteiger partial charge in [0.15, 0.2) is 11.8 Å². The van der Waals surface area contributed by atoms with Crippen LogP contribution in [-0.4, -0.2) is 53.7 Å². The van der Waals surface area contributed by atoms with Crippen LogP contribution in [0.2, 0.25) is 0 Å². The van der Waals surface area contributed by atoms with Crippen LogP contribution in [0.3, 0.4) is 0 Å². The Labute approximate surface area is 167 Å². The minimum atomic E-state index is 0.283. The number of nitrogens with one attached hydrogen (secondary N) is 2. The highest BCUT2D eigenvalue weighted by atomic mass is 16.5. The van der Waals surface area contributed by atoms with E-state index in [1.807, 2.05) is 0 Å². The van der Waals surface area contributed by atoms with E-state index in [1.54, 1.807) is 7.05 Å². The molecule has 1 saturated heterocycles. The lowest BCUT2D eigenvalue weighted by molar-refractivity contribution is 0.245. The Morgan fingerprint density at radius 3 is 2.82 bits per heavy atom. The number of nitrogens with zero attached hydrogens (tertiary/aromatic N) is 4. The number of aliphatic imine (C=N–C) groups is 1. The molecule has 0 amide bonds. The smallest absolute Gasteiger partial charge is 0.228 e. The summed E-state index contributed by atoms with van der Waals surface area (Å²) >= 11 is 0. The Morgan fingerprint density at radius 1 is 1.29 bits per heavy atom. The van der Waals surface area contributed by atoms with Crippen LogP contribution in [0.15, 0.2) is 39.8 Å². The summed E-state index contributed by atoms with van der Waals surface area (Å²) in [5.74, 6) is 2.52. The summed E-state index contributed by atoms with van der Waals surface area (Å²) in [7, 11) is 1.80. The number of rotatable bonds is 8. The molecule has 0 aliphatic carbocycles. The molecule has 1 aliphatic rings. The number of guanidine groups is 1. The molecule has 2 N–H and O–H groups in total. The predicted molar refractivity (Wildman–Crippen MR) is 111 cm³/mol. The normalized spacial score (nSPS) is 18.0. The first-order valence-corrected chi connectivity index (χ1v) is 10.2. The molecule has 1 fully saturated rings. The van der Waals surface area contributed by atoms with Gasteiger partial charge in [-0.3, -0.25) is 9.89 Å². The Balaban J connectivity index is 1.41. The van der Waals surface area contributed by atoms with Gasteiger partial charge in [-0.2, -0.15) is 4.98 Å². The maximum Gasteiger partial charge on any atom is 0.228 e. The second-order valence-corrected chi connectivity index (χ2v) is 7.58. The van der Waals surface area contributed by atoms with Crippen molar-refractivity contribution < 1.29 is 4.52 Å². The van der Waals surface area contributed by atoms with Crippen LogP contribution < -0.4 is 10.6 Å². The van der Waals surface area contributed by atoms with Crippen LogP contribution in [0.4, 0.5) is 0 Å². The molecular formula is C21H32N6O. The average Bonchev–Trinajstić information content (AvgIpc) is 3.35. The van der Waals surface area contributed by atoms with Crippen molar-refractivity contribution in [3.63, 3.8) is 0 Å². The third kappa shape index (κ3) is 5.79. The fourth-order valence-electron chi connectivity index (χ4n) is 3.48. The van der Waals surface area contributed by atoms with Gasteiger partial charge in [-0.25, -0.2) is 0 Å². The van der Waals surface area contributed by atoms with Crippen molar-refractivity contribution >= 4 is 5.96 Å². The zero-order chi connectivity index (χ0) is 19.8. The summed E-state index contributed by atoms with van der Waals surface area (Å²) in [4.78, 5) is 11.3. The molecule has 1 aromatic carbocycles. The molecule has 1 unspecified atom stereocenters. The Hall–Kier alpha value is -2.41. The van der Waals surface area contributed by atoms with Gasteiger partial charge in [0.1, 0.15) is 0 Å². The number of likely N-dealkylation sites (tertiary alicyclic amines) is 1. The van der Waals surface area contributed by atoms with E-state index in [4.69, 9.17) is 4.52 Å². The van der Waals surface area contributed by atoms with Crippen LogP contribution in [0.1, 0.15) is 49.9 Å². The van der Waals surface area contributed by atoms with Gasteiger partial charge in [-0.05, 0) is 24.9 Å². The maximum absolute atomic E-state index is 5.29. The second kappa shape index (κ2) is 10.2. The molecule has 0 radical (unpaired) electrons. The lowest BCUT2D eigenvalue weighted by atomic mass is 10.2. The third-order valence-electron chi connectivity index (χ3n) is 5.09. The van der Waals surface area contributed by atoms with E-state index >= 15 is 0 Å². The van der Waals surface area contributed by atoms with E-state index in [9.17, 15) is 0 Å². The van der Waals surface area contributed by atoms with Gasteiger partial charge in [0.2, 0.25) is 5.89 Å². The zero-order valence-electron chi connectivity index (χ0n) is 17.2. The van der Waals surface area contributed by atoms with Gasteiger partial charge in [0, 0.05) is 45.1 Å². The van der Waals surface area contributed by atoms with Gasteiger partial charge in [-0.1, -0.05) is 49.3 Å². The van der Waals surface area contributed by atoms with E-state index in [0.717, 1.165) is 31.4 Å². The molecule has 7 nitrogen and oxygen atoms in total. The summed E-state index contributed by atoms with van der Waals surface area (Å²) in [5, 5.41) is 10.8. The molecule has 0 saturated carbocycles. The molecule has 28 heavy (non-hydrogen) atoms. The first kappa shape index (κ1) is 20.3. The molecule has 2 heterocycles. The molecule has 152 valence electrons. The van der Waals surface area contributed by atoms with Crippen LogP contribution >= 0.6 is 0 Å². The largest absolute Gasteiger partial charge is 0.356 e. The minimum Gasteiger partial charge on any atom is -0.356 e. The molecule has 0 spiro atoms. The maximum atomic E-state index is 5.29. The Kier molecular flexibility index (Phi) is 7.42. The van der Waals surface area contributed by atoms with Crippen molar-refractivity contribution in [2.24, 2.45) is 4.99 Å². The fraction of sp³-hybridized carbons (Fsp3) is 0.571. The molecule has 2 aromatic rings. The summed E-state index contributed by atoms with van der Waals surface area (Å²) in [5.41, 5.74) is 1.37. The molecular weight excluding hydrogens is 352 g/mol. The first-order chi connectivity index (χ1) is 13.7. The highest BCUT2D eigenvalue weighted by Gasteiger charge is 2.24. The quantitative estimate of drug-likeness (QED) is 0.538. The van der Waals surface area contributed by atoms with Crippen molar-refractivity contribution in [2.45, 2.75) is 51.6 Å². The van der Waals surface area contributed by atoms with E-state index in [-0.39, 0.29) is 5.92 Å². The molecule has 7 heteroatoms. The second-order valence-electron chi connectivity index (χ2n) is 7.58. The van der Waals surface area contributed by atoms with Gasteiger partial charge < -0.3 is 15.2 Å². The number of hydrogen-bond donors (Lipinski definition) is 2. The number of hydrogen-bond acceptors (Lipinski definition) is 5. The lowest BCUT2D eigenvalue weighted by Gasteiger charge is -2.25. The average molecular weight is 385 g/mol. The third-order valence-corrected chi connectivity index (χ3v) is 5.09. The zero-order valence-corrected chi connectivity index (χ0v) is 17.2. The fourth-order valence-corrected chi connectivity index (χ4v) is 3.48. The topological polar surface area (TPSA) is 78.6 Å². The van der Waals surface area contributed by atoms with Crippen LogP contribution in [-0.2, 0) is 13.0 Å². The van der Waals surface area contributed by atoms with Crippen LogP contribution in [0.25, 0.3) is 0 Å². The first-order valence-electron chi connectivity index (χ1n) is 10.2. The SMILES string of the molecule is CN=C(NCCc1nc(C(C)C)no1)NCC1CCCN1Cc1ccccc1. The lowest BCUT2D eigenvalue weighted by Crippen LogP contribution is -2.45. The summed E-state index contributed by atoms with van der Waals surface area (Å²) in [6.07, 6.45) is 3.15.